The van der Waals surface area contributed by atoms with Crippen molar-refractivity contribution in [3.63, 3.8) is 0 Å². The minimum absolute atomic E-state index is 0.00654. The van der Waals surface area contributed by atoms with Crippen molar-refractivity contribution in [1.29, 1.82) is 0 Å². The molecule has 190 valence electrons. The molecule has 7 nitrogen and oxygen atoms in total. The van der Waals surface area contributed by atoms with Gasteiger partial charge in [0.05, 0.1) is 6.54 Å². The fraction of sp³-hybridized carbons (Fsp3) is 0.357. The molecule has 1 aliphatic heterocycles. The van der Waals surface area contributed by atoms with E-state index in [0.29, 0.717) is 31.1 Å². The number of nitrogens with zero attached hydrogens (tertiary/aromatic N) is 2. The molecule has 3 aromatic rings. The maximum atomic E-state index is 13.6. The van der Waals surface area contributed by atoms with Gasteiger partial charge >= 0.3 is 6.03 Å². The van der Waals surface area contributed by atoms with Crippen molar-refractivity contribution in [2.24, 2.45) is 5.92 Å². The maximum absolute atomic E-state index is 13.6. The average molecular weight is 508 g/mol. The fourth-order valence-electron chi connectivity index (χ4n) is 4.08. The zero-order valence-corrected chi connectivity index (χ0v) is 21.8. The second kappa shape index (κ2) is 11.9. The van der Waals surface area contributed by atoms with E-state index in [9.17, 15) is 9.59 Å². The second-order valence-electron chi connectivity index (χ2n) is 9.28. The molecule has 0 atom stereocenters. The fourth-order valence-corrected chi connectivity index (χ4v) is 4.80. The molecule has 2 aromatic carbocycles. The summed E-state index contributed by atoms with van der Waals surface area (Å²) in [6.45, 7) is 7.71. The molecule has 0 saturated carbocycles. The molecule has 0 fully saturated rings. The van der Waals surface area contributed by atoms with Crippen LogP contribution in [0.2, 0.25) is 0 Å². The van der Waals surface area contributed by atoms with Gasteiger partial charge in [0.15, 0.2) is 11.5 Å². The third kappa shape index (κ3) is 6.79. The Kier molecular flexibility index (Phi) is 8.48. The van der Waals surface area contributed by atoms with Gasteiger partial charge in [-0.05, 0) is 59.2 Å². The summed E-state index contributed by atoms with van der Waals surface area (Å²) in [4.78, 5) is 31.3. The molecule has 1 aliphatic rings. The van der Waals surface area contributed by atoms with Crippen LogP contribution >= 0.6 is 11.3 Å². The number of urea groups is 1. The second-order valence-corrected chi connectivity index (χ2v) is 10.3. The minimum Gasteiger partial charge on any atom is -0.454 e. The first kappa shape index (κ1) is 25.6. The average Bonchev–Trinajstić information content (AvgIpc) is 3.54. The summed E-state index contributed by atoms with van der Waals surface area (Å²) in [6.07, 6.45) is 0.884. The number of thiophene rings is 1. The quantitative estimate of drug-likeness (QED) is 0.379. The molecular formula is C28H33N3O4S. The summed E-state index contributed by atoms with van der Waals surface area (Å²) in [7, 11) is 0. The van der Waals surface area contributed by atoms with Gasteiger partial charge in [0.25, 0.3) is 0 Å². The summed E-state index contributed by atoms with van der Waals surface area (Å²) >= 11 is 1.61. The van der Waals surface area contributed by atoms with Crippen LogP contribution in [0.4, 0.5) is 10.5 Å². The Bertz CT molecular complexity index is 1180. The number of ether oxygens (including phenoxy) is 2. The normalized spacial score (nSPS) is 12.0. The first-order valence-electron chi connectivity index (χ1n) is 12.2. The van der Waals surface area contributed by atoms with Crippen molar-refractivity contribution >= 4 is 29.0 Å². The van der Waals surface area contributed by atoms with E-state index in [4.69, 9.17) is 9.47 Å². The van der Waals surface area contributed by atoms with Crippen LogP contribution in [0, 0.1) is 5.92 Å². The highest BCUT2D eigenvalue weighted by Gasteiger charge is 2.24. The number of anilines is 1. The van der Waals surface area contributed by atoms with E-state index in [0.717, 1.165) is 28.1 Å². The number of aryl methyl sites for hydroxylation is 1. The van der Waals surface area contributed by atoms with E-state index in [-0.39, 0.29) is 31.2 Å². The van der Waals surface area contributed by atoms with Gasteiger partial charge in [0.1, 0.15) is 6.54 Å². The molecule has 1 N–H and O–H groups in total. The van der Waals surface area contributed by atoms with E-state index in [1.165, 1.54) is 0 Å². The number of fused-ring (bicyclic) bond motifs is 1. The van der Waals surface area contributed by atoms with Crippen LogP contribution in [0.3, 0.4) is 0 Å². The Morgan fingerprint density at radius 2 is 1.81 bits per heavy atom. The molecule has 1 aromatic heterocycles. The Balaban J connectivity index is 1.50. The SMILES string of the molecule is CCc1cccc(NC(=O)N(CC(=O)N(Cc2ccc3c(c2)OCO3)Cc2cccs2)CC(C)C)c1. The lowest BCUT2D eigenvalue weighted by Gasteiger charge is -2.29. The topological polar surface area (TPSA) is 71.1 Å². The lowest BCUT2D eigenvalue weighted by atomic mass is 10.1. The van der Waals surface area contributed by atoms with E-state index in [2.05, 4.69) is 12.2 Å². The van der Waals surface area contributed by atoms with Gasteiger partial charge in [-0.15, -0.1) is 11.3 Å². The summed E-state index contributed by atoms with van der Waals surface area (Å²) in [5, 5.41) is 4.98. The number of amides is 3. The van der Waals surface area contributed by atoms with Crippen molar-refractivity contribution in [2.75, 3.05) is 25.2 Å². The van der Waals surface area contributed by atoms with Crippen molar-refractivity contribution in [1.82, 2.24) is 9.80 Å². The summed E-state index contributed by atoms with van der Waals surface area (Å²) in [5.41, 5.74) is 2.82. The van der Waals surface area contributed by atoms with Crippen LogP contribution in [-0.4, -0.2) is 41.6 Å². The largest absolute Gasteiger partial charge is 0.454 e. The smallest absolute Gasteiger partial charge is 0.322 e. The first-order chi connectivity index (χ1) is 17.4. The standard InChI is InChI=1S/C28H33N3O4S/c1-4-21-7-5-8-23(13-21)29-28(33)31(15-20(2)3)18-27(32)30(17-24-9-6-12-36-24)16-22-10-11-25-26(14-22)35-19-34-25/h5-14,20H,4,15-19H2,1-3H3,(H,29,33). The Hall–Kier alpha value is -3.52. The molecule has 0 bridgehead atoms. The molecule has 0 spiro atoms. The zero-order chi connectivity index (χ0) is 25.5. The van der Waals surface area contributed by atoms with Crippen LogP contribution in [0.1, 0.15) is 36.8 Å². The van der Waals surface area contributed by atoms with Crippen LogP contribution in [0.15, 0.2) is 60.0 Å². The van der Waals surface area contributed by atoms with Crippen molar-refractivity contribution in [3.05, 3.63) is 76.0 Å². The predicted molar refractivity (Wildman–Crippen MR) is 142 cm³/mol. The van der Waals surface area contributed by atoms with Gasteiger partial charge < -0.3 is 24.6 Å². The molecule has 0 saturated heterocycles. The molecule has 3 amide bonds. The van der Waals surface area contributed by atoms with Crippen LogP contribution in [-0.2, 0) is 24.3 Å². The number of carbonyl (C=O) groups excluding carboxylic acids is 2. The Morgan fingerprint density at radius 1 is 0.972 bits per heavy atom. The maximum Gasteiger partial charge on any atom is 0.322 e. The number of nitrogens with one attached hydrogen (secondary N) is 1. The van der Waals surface area contributed by atoms with Gasteiger partial charge in [0, 0.05) is 23.7 Å². The molecule has 0 unspecified atom stereocenters. The third-order valence-corrected chi connectivity index (χ3v) is 6.74. The first-order valence-corrected chi connectivity index (χ1v) is 13.1. The third-order valence-electron chi connectivity index (χ3n) is 5.88. The minimum atomic E-state index is -0.274. The van der Waals surface area contributed by atoms with Gasteiger partial charge in [-0.2, -0.15) is 0 Å². The lowest BCUT2D eigenvalue weighted by Crippen LogP contribution is -2.45. The molecule has 4 rings (SSSR count). The van der Waals surface area contributed by atoms with Gasteiger partial charge in [-0.3, -0.25) is 4.79 Å². The molecule has 2 heterocycles. The lowest BCUT2D eigenvalue weighted by molar-refractivity contribution is -0.133. The van der Waals surface area contributed by atoms with Crippen LogP contribution < -0.4 is 14.8 Å². The highest BCUT2D eigenvalue weighted by atomic mass is 32.1. The van der Waals surface area contributed by atoms with Gasteiger partial charge in [-0.1, -0.05) is 45.0 Å². The van der Waals surface area contributed by atoms with Gasteiger partial charge in [-0.25, -0.2) is 4.79 Å². The monoisotopic (exact) mass is 507 g/mol. The Labute approximate surface area is 216 Å². The summed E-state index contributed by atoms with van der Waals surface area (Å²) in [6, 6.07) is 17.3. The Morgan fingerprint density at radius 3 is 2.56 bits per heavy atom. The van der Waals surface area contributed by atoms with E-state index >= 15 is 0 Å². The van der Waals surface area contributed by atoms with E-state index < -0.39 is 0 Å². The molecule has 36 heavy (non-hydrogen) atoms. The van der Waals surface area contributed by atoms with Crippen LogP contribution in [0.5, 0.6) is 11.5 Å². The molecule has 0 radical (unpaired) electrons. The van der Waals surface area contributed by atoms with E-state index in [1.807, 2.05) is 73.8 Å². The highest BCUT2D eigenvalue weighted by molar-refractivity contribution is 7.09. The van der Waals surface area contributed by atoms with Crippen molar-refractivity contribution < 1.29 is 19.1 Å². The number of benzene rings is 2. The molecular weight excluding hydrogens is 474 g/mol. The molecule has 0 aliphatic carbocycles. The highest BCUT2D eigenvalue weighted by Crippen LogP contribution is 2.33. The van der Waals surface area contributed by atoms with Crippen molar-refractivity contribution in [2.45, 2.75) is 40.3 Å². The zero-order valence-electron chi connectivity index (χ0n) is 21.0. The number of rotatable bonds is 10. The predicted octanol–water partition coefficient (Wildman–Crippen LogP) is 5.76. The summed E-state index contributed by atoms with van der Waals surface area (Å²) < 4.78 is 10.9. The number of carbonyl (C=O) groups is 2. The summed E-state index contributed by atoms with van der Waals surface area (Å²) in [5.74, 6) is 1.50. The molecule has 8 heteroatoms. The number of hydrogen-bond donors (Lipinski definition) is 1. The van der Waals surface area contributed by atoms with Crippen molar-refractivity contribution in [3.8, 4) is 11.5 Å². The number of hydrogen-bond acceptors (Lipinski definition) is 5. The van der Waals surface area contributed by atoms with Gasteiger partial charge in [0.2, 0.25) is 12.7 Å². The van der Waals surface area contributed by atoms with Crippen LogP contribution in [0.25, 0.3) is 0 Å². The van der Waals surface area contributed by atoms with E-state index in [1.54, 1.807) is 21.1 Å².